The Balaban J connectivity index is 1.84. The van der Waals surface area contributed by atoms with E-state index in [9.17, 15) is 14.0 Å². The zero-order chi connectivity index (χ0) is 16.8. The largest absolute Gasteiger partial charge is 0.351 e. The molecule has 0 aliphatic rings. The maximum atomic E-state index is 13.4. The van der Waals surface area contributed by atoms with Crippen molar-refractivity contribution in [3.63, 3.8) is 0 Å². The molecule has 0 atom stereocenters. The van der Waals surface area contributed by atoms with Crippen molar-refractivity contribution in [2.24, 2.45) is 0 Å². The van der Waals surface area contributed by atoms with Crippen LogP contribution in [-0.4, -0.2) is 11.8 Å². The molecule has 7 heteroatoms. The third kappa shape index (κ3) is 5.23. The first kappa shape index (κ1) is 17.2. The van der Waals surface area contributed by atoms with E-state index in [0.717, 1.165) is 0 Å². The molecule has 0 saturated heterocycles. The molecule has 0 radical (unpaired) electrons. The first-order valence-electron chi connectivity index (χ1n) is 6.70. The molecule has 2 aromatic carbocycles. The van der Waals surface area contributed by atoms with Gasteiger partial charge in [-0.3, -0.25) is 9.59 Å². The summed E-state index contributed by atoms with van der Waals surface area (Å²) in [5.41, 5.74) is 0.789. The highest BCUT2D eigenvalue weighted by molar-refractivity contribution is 6.42. The second-order valence-corrected chi connectivity index (χ2v) is 5.54. The van der Waals surface area contributed by atoms with Gasteiger partial charge in [-0.25, -0.2) is 4.39 Å². The van der Waals surface area contributed by atoms with E-state index in [0.29, 0.717) is 21.3 Å². The predicted molar refractivity (Wildman–Crippen MR) is 88.0 cm³/mol. The Morgan fingerprint density at radius 1 is 1.00 bits per heavy atom. The second kappa shape index (κ2) is 7.94. The number of benzene rings is 2. The van der Waals surface area contributed by atoms with Gasteiger partial charge in [-0.15, -0.1) is 0 Å². The Bertz CT molecular complexity index is 738. The van der Waals surface area contributed by atoms with Gasteiger partial charge < -0.3 is 10.6 Å². The zero-order valence-electron chi connectivity index (χ0n) is 11.9. The lowest BCUT2D eigenvalue weighted by atomic mass is 10.2. The molecular weight excluding hydrogens is 342 g/mol. The van der Waals surface area contributed by atoms with Crippen LogP contribution in [0, 0.1) is 5.82 Å². The topological polar surface area (TPSA) is 58.2 Å². The summed E-state index contributed by atoms with van der Waals surface area (Å²) in [7, 11) is 0. The van der Waals surface area contributed by atoms with E-state index in [1.807, 2.05) is 0 Å². The Morgan fingerprint density at radius 3 is 2.43 bits per heavy atom. The number of rotatable bonds is 5. The standard InChI is InChI=1S/C16H13Cl2FN2O2/c17-12-6-5-11(7-13(12)18)21-16(23)8-15(22)20-9-10-3-1-2-4-14(10)19/h1-7H,8-9H2,(H,20,22)(H,21,23). The smallest absolute Gasteiger partial charge is 0.233 e. The summed E-state index contributed by atoms with van der Waals surface area (Å²) in [6.45, 7) is 0.0194. The summed E-state index contributed by atoms with van der Waals surface area (Å²) < 4.78 is 13.4. The quantitative estimate of drug-likeness (QED) is 0.802. The Kier molecular flexibility index (Phi) is 5.96. The number of anilines is 1. The lowest BCUT2D eigenvalue weighted by molar-refractivity contribution is -0.126. The van der Waals surface area contributed by atoms with Crippen LogP contribution in [0.5, 0.6) is 0 Å². The summed E-state index contributed by atoms with van der Waals surface area (Å²) in [5, 5.41) is 5.69. The van der Waals surface area contributed by atoms with Gasteiger partial charge in [0.1, 0.15) is 12.2 Å². The predicted octanol–water partition coefficient (Wildman–Crippen LogP) is 3.78. The molecule has 0 fully saturated rings. The van der Waals surface area contributed by atoms with Crippen LogP contribution < -0.4 is 10.6 Å². The molecule has 23 heavy (non-hydrogen) atoms. The number of carbonyl (C=O) groups is 2. The lowest BCUT2D eigenvalue weighted by Crippen LogP contribution is -2.28. The van der Waals surface area contributed by atoms with Crippen molar-refractivity contribution in [2.45, 2.75) is 13.0 Å². The fourth-order valence-corrected chi connectivity index (χ4v) is 2.12. The first-order chi connectivity index (χ1) is 11.0. The van der Waals surface area contributed by atoms with Gasteiger partial charge in [0.15, 0.2) is 0 Å². The van der Waals surface area contributed by atoms with E-state index in [1.165, 1.54) is 18.2 Å². The number of nitrogens with one attached hydrogen (secondary N) is 2. The fourth-order valence-electron chi connectivity index (χ4n) is 1.82. The van der Waals surface area contributed by atoms with Crippen molar-refractivity contribution >= 4 is 40.7 Å². The molecule has 2 rings (SSSR count). The maximum Gasteiger partial charge on any atom is 0.233 e. The van der Waals surface area contributed by atoms with E-state index in [1.54, 1.807) is 24.3 Å². The van der Waals surface area contributed by atoms with Crippen LogP contribution in [0.25, 0.3) is 0 Å². The van der Waals surface area contributed by atoms with Crippen LogP contribution in [-0.2, 0) is 16.1 Å². The molecule has 0 saturated carbocycles. The minimum absolute atomic E-state index is 0.0194. The van der Waals surface area contributed by atoms with Gasteiger partial charge in [0.05, 0.1) is 10.0 Å². The van der Waals surface area contributed by atoms with Crippen molar-refractivity contribution < 1.29 is 14.0 Å². The molecular formula is C16H13Cl2FN2O2. The van der Waals surface area contributed by atoms with E-state index >= 15 is 0 Å². The number of hydrogen-bond donors (Lipinski definition) is 2. The van der Waals surface area contributed by atoms with Gasteiger partial charge >= 0.3 is 0 Å². The zero-order valence-corrected chi connectivity index (χ0v) is 13.4. The molecule has 4 nitrogen and oxygen atoms in total. The normalized spacial score (nSPS) is 10.2. The molecule has 2 aromatic rings. The number of amides is 2. The molecule has 2 N–H and O–H groups in total. The summed E-state index contributed by atoms with van der Waals surface area (Å²) in [6, 6.07) is 10.7. The summed E-state index contributed by atoms with van der Waals surface area (Å²) in [5.74, 6) is -1.42. The molecule has 0 aliphatic carbocycles. The van der Waals surface area contributed by atoms with Gasteiger partial charge in [-0.05, 0) is 24.3 Å². The van der Waals surface area contributed by atoms with Crippen LogP contribution in [0.4, 0.5) is 10.1 Å². The monoisotopic (exact) mass is 354 g/mol. The highest BCUT2D eigenvalue weighted by Gasteiger charge is 2.11. The second-order valence-electron chi connectivity index (χ2n) is 4.72. The van der Waals surface area contributed by atoms with Gasteiger partial charge in [0.2, 0.25) is 11.8 Å². The summed E-state index contributed by atoms with van der Waals surface area (Å²) >= 11 is 11.6. The minimum atomic E-state index is -0.509. The molecule has 0 unspecified atom stereocenters. The van der Waals surface area contributed by atoms with Crippen LogP contribution in [0.1, 0.15) is 12.0 Å². The van der Waals surface area contributed by atoms with Gasteiger partial charge in [-0.1, -0.05) is 41.4 Å². The summed E-state index contributed by atoms with van der Waals surface area (Å²) in [6.07, 6.45) is -0.380. The molecule has 0 aromatic heterocycles. The highest BCUT2D eigenvalue weighted by atomic mass is 35.5. The van der Waals surface area contributed by atoms with Gasteiger partial charge in [0, 0.05) is 17.8 Å². The van der Waals surface area contributed by atoms with Crippen LogP contribution >= 0.6 is 23.2 Å². The van der Waals surface area contributed by atoms with Crippen LogP contribution in [0.2, 0.25) is 10.0 Å². The maximum absolute atomic E-state index is 13.4. The van der Waals surface area contributed by atoms with Crippen molar-refractivity contribution in [3.8, 4) is 0 Å². The third-order valence-electron chi connectivity index (χ3n) is 2.96. The van der Waals surface area contributed by atoms with Crippen LogP contribution in [0.3, 0.4) is 0 Å². The van der Waals surface area contributed by atoms with E-state index in [2.05, 4.69) is 10.6 Å². The third-order valence-corrected chi connectivity index (χ3v) is 3.70. The van der Waals surface area contributed by atoms with Crippen LogP contribution in [0.15, 0.2) is 42.5 Å². The molecule has 2 amide bonds. The molecule has 0 spiro atoms. The minimum Gasteiger partial charge on any atom is -0.351 e. The van der Waals surface area contributed by atoms with Gasteiger partial charge in [-0.2, -0.15) is 0 Å². The van der Waals surface area contributed by atoms with Crippen molar-refractivity contribution in [3.05, 3.63) is 63.9 Å². The number of halogens is 3. The van der Waals surface area contributed by atoms with Crippen molar-refractivity contribution in [1.29, 1.82) is 0 Å². The molecule has 0 bridgehead atoms. The summed E-state index contributed by atoms with van der Waals surface area (Å²) in [4.78, 5) is 23.5. The molecule has 0 aliphatic heterocycles. The lowest BCUT2D eigenvalue weighted by Gasteiger charge is -2.08. The molecule has 120 valence electrons. The Hall–Kier alpha value is -2.11. The Labute approximate surface area is 142 Å². The average Bonchev–Trinajstić information content (AvgIpc) is 2.50. The SMILES string of the molecule is O=C(CC(=O)Nc1ccc(Cl)c(Cl)c1)NCc1ccccc1F. The highest BCUT2D eigenvalue weighted by Crippen LogP contribution is 2.25. The fraction of sp³-hybridized carbons (Fsp3) is 0.125. The van der Waals surface area contributed by atoms with Crippen molar-refractivity contribution in [1.82, 2.24) is 5.32 Å². The Morgan fingerprint density at radius 2 is 1.74 bits per heavy atom. The number of carbonyl (C=O) groups excluding carboxylic acids is 2. The molecule has 0 heterocycles. The van der Waals surface area contributed by atoms with Crippen molar-refractivity contribution in [2.75, 3.05) is 5.32 Å². The average molecular weight is 355 g/mol. The van der Waals surface area contributed by atoms with Gasteiger partial charge in [0.25, 0.3) is 0 Å². The van der Waals surface area contributed by atoms with E-state index < -0.39 is 17.6 Å². The van der Waals surface area contributed by atoms with E-state index in [-0.39, 0.29) is 13.0 Å². The number of hydrogen-bond acceptors (Lipinski definition) is 2. The first-order valence-corrected chi connectivity index (χ1v) is 7.46. The van der Waals surface area contributed by atoms with E-state index in [4.69, 9.17) is 23.2 Å².